The van der Waals surface area contributed by atoms with Crippen LogP contribution in [0.3, 0.4) is 0 Å². The lowest BCUT2D eigenvalue weighted by Gasteiger charge is -2.27. The van der Waals surface area contributed by atoms with Gasteiger partial charge in [0.25, 0.3) is 11.8 Å². The number of carboxylic acid groups (broad SMARTS) is 1. The van der Waals surface area contributed by atoms with Crippen LogP contribution >= 0.6 is 0 Å². The number of fused-ring (bicyclic) bond motifs is 1. The molecule has 1 aliphatic rings. The molecule has 0 aromatic heterocycles. The van der Waals surface area contributed by atoms with Crippen LogP contribution in [-0.2, 0) is 17.8 Å². The molecule has 0 bridgehead atoms. The third-order valence-corrected chi connectivity index (χ3v) is 7.46. The maximum atomic E-state index is 13.9. The molecule has 208 valence electrons. The van der Waals surface area contributed by atoms with Crippen LogP contribution in [0.4, 0.5) is 4.39 Å². The maximum Gasteiger partial charge on any atom is 0.305 e. The molecule has 7 heteroatoms. The predicted octanol–water partition coefficient (Wildman–Crippen LogP) is 6.42. The van der Waals surface area contributed by atoms with Crippen LogP contribution in [-0.4, -0.2) is 34.3 Å². The van der Waals surface area contributed by atoms with E-state index < -0.39 is 11.8 Å². The van der Waals surface area contributed by atoms with Gasteiger partial charge in [-0.05, 0) is 71.3 Å². The SMILES string of the molecule is O=C(O)CCN(Cc1ccc(F)cc1)C(=O)c1ccccc1-c1ccccc1C(=O)NC1CCCc2ccccc21. The second kappa shape index (κ2) is 12.6. The summed E-state index contributed by atoms with van der Waals surface area (Å²) in [5.41, 5.74) is 5.04. The first-order valence-corrected chi connectivity index (χ1v) is 13.7. The number of carbonyl (C=O) groups is 3. The number of carbonyl (C=O) groups excluding carboxylic acids is 2. The Labute approximate surface area is 238 Å². The van der Waals surface area contributed by atoms with Crippen molar-refractivity contribution in [2.24, 2.45) is 0 Å². The Morgan fingerprint density at radius 1 is 0.829 bits per heavy atom. The van der Waals surface area contributed by atoms with Crippen molar-refractivity contribution in [2.75, 3.05) is 6.54 Å². The van der Waals surface area contributed by atoms with Crippen molar-refractivity contribution in [2.45, 2.75) is 38.3 Å². The fourth-order valence-electron chi connectivity index (χ4n) is 5.42. The van der Waals surface area contributed by atoms with Crippen molar-refractivity contribution in [3.63, 3.8) is 0 Å². The number of nitrogens with zero attached hydrogens (tertiary/aromatic N) is 1. The summed E-state index contributed by atoms with van der Waals surface area (Å²) in [5.74, 6) is -2.02. The van der Waals surface area contributed by atoms with Crippen LogP contribution < -0.4 is 5.32 Å². The molecule has 0 radical (unpaired) electrons. The predicted molar refractivity (Wildman–Crippen MR) is 155 cm³/mol. The summed E-state index contributed by atoms with van der Waals surface area (Å²) in [4.78, 5) is 40.4. The molecule has 6 nitrogen and oxygen atoms in total. The van der Waals surface area contributed by atoms with Gasteiger partial charge in [0.1, 0.15) is 5.82 Å². The van der Waals surface area contributed by atoms with E-state index in [1.54, 1.807) is 48.5 Å². The van der Waals surface area contributed by atoms with Crippen molar-refractivity contribution in [1.29, 1.82) is 0 Å². The first-order valence-electron chi connectivity index (χ1n) is 13.7. The molecule has 1 atom stereocenters. The molecule has 5 rings (SSSR count). The summed E-state index contributed by atoms with van der Waals surface area (Å²) in [5, 5.41) is 12.5. The van der Waals surface area contributed by atoms with E-state index in [1.807, 2.05) is 24.3 Å². The normalized spacial score (nSPS) is 14.1. The number of benzene rings is 4. The number of amides is 2. The highest BCUT2D eigenvalue weighted by Gasteiger charge is 2.25. The fourth-order valence-corrected chi connectivity index (χ4v) is 5.42. The second-order valence-corrected chi connectivity index (χ2v) is 10.2. The summed E-state index contributed by atoms with van der Waals surface area (Å²) in [7, 11) is 0. The van der Waals surface area contributed by atoms with Gasteiger partial charge in [0, 0.05) is 24.2 Å². The van der Waals surface area contributed by atoms with E-state index >= 15 is 0 Å². The summed E-state index contributed by atoms with van der Waals surface area (Å²) >= 11 is 0. The molecular weight excluding hydrogens is 519 g/mol. The van der Waals surface area contributed by atoms with Crippen LogP contribution in [0.5, 0.6) is 0 Å². The molecule has 0 heterocycles. The zero-order valence-electron chi connectivity index (χ0n) is 22.6. The number of nitrogens with one attached hydrogen (secondary N) is 1. The molecule has 1 aliphatic carbocycles. The summed E-state index contributed by atoms with van der Waals surface area (Å²) in [6.07, 6.45) is 2.59. The molecule has 4 aromatic carbocycles. The highest BCUT2D eigenvalue weighted by atomic mass is 19.1. The lowest BCUT2D eigenvalue weighted by Crippen LogP contribution is -2.33. The Kier molecular flexibility index (Phi) is 8.53. The number of aryl methyl sites for hydroxylation is 1. The van der Waals surface area contributed by atoms with E-state index in [0.29, 0.717) is 27.8 Å². The molecule has 0 fully saturated rings. The highest BCUT2D eigenvalue weighted by Crippen LogP contribution is 2.32. The number of carboxylic acids is 1. The molecule has 2 amide bonds. The zero-order chi connectivity index (χ0) is 28.8. The monoisotopic (exact) mass is 550 g/mol. The Balaban J connectivity index is 1.46. The van der Waals surface area contributed by atoms with E-state index in [9.17, 15) is 23.9 Å². The minimum atomic E-state index is -1.03. The van der Waals surface area contributed by atoms with E-state index in [-0.39, 0.29) is 37.4 Å². The maximum absolute atomic E-state index is 13.9. The minimum absolute atomic E-state index is 0.0247. The van der Waals surface area contributed by atoms with Crippen LogP contribution in [0.1, 0.15) is 62.7 Å². The van der Waals surface area contributed by atoms with Gasteiger partial charge in [-0.25, -0.2) is 4.39 Å². The van der Waals surface area contributed by atoms with Gasteiger partial charge in [-0.3, -0.25) is 14.4 Å². The van der Waals surface area contributed by atoms with E-state index in [1.165, 1.54) is 22.6 Å². The molecule has 41 heavy (non-hydrogen) atoms. The Bertz CT molecular complexity index is 1570. The summed E-state index contributed by atoms with van der Waals surface area (Å²) in [6, 6.07) is 28.0. The Morgan fingerprint density at radius 2 is 1.46 bits per heavy atom. The summed E-state index contributed by atoms with van der Waals surface area (Å²) in [6.45, 7) is 0.0903. The Morgan fingerprint density at radius 3 is 2.20 bits per heavy atom. The number of halogens is 1. The lowest BCUT2D eigenvalue weighted by molar-refractivity contribution is -0.137. The number of hydrogen-bond donors (Lipinski definition) is 2. The van der Waals surface area contributed by atoms with Gasteiger partial charge in [-0.15, -0.1) is 0 Å². The van der Waals surface area contributed by atoms with Gasteiger partial charge >= 0.3 is 5.97 Å². The minimum Gasteiger partial charge on any atom is -0.481 e. The molecular formula is C34H31FN2O4. The standard InChI is InChI=1S/C34H31FN2O4/c35-25-18-16-23(17-19-25)22-37(21-20-32(38)39)34(41)30-14-6-4-12-28(30)27-11-3-5-13-29(27)33(40)36-31-15-7-9-24-8-1-2-10-26(24)31/h1-6,8,10-14,16-19,31H,7,9,15,20-22H2,(H,36,40)(H,38,39). The molecule has 0 aliphatic heterocycles. The fraction of sp³-hybridized carbons (Fsp3) is 0.206. The van der Waals surface area contributed by atoms with E-state index in [0.717, 1.165) is 24.8 Å². The highest BCUT2D eigenvalue weighted by molar-refractivity contribution is 6.06. The van der Waals surface area contributed by atoms with Crippen molar-refractivity contribution in [1.82, 2.24) is 10.2 Å². The van der Waals surface area contributed by atoms with Crippen LogP contribution in [0.25, 0.3) is 11.1 Å². The molecule has 1 unspecified atom stereocenters. The molecule has 0 saturated heterocycles. The topological polar surface area (TPSA) is 86.7 Å². The molecule has 2 N–H and O–H groups in total. The van der Waals surface area contributed by atoms with Crippen LogP contribution in [0.2, 0.25) is 0 Å². The van der Waals surface area contributed by atoms with Gasteiger partial charge in [-0.2, -0.15) is 0 Å². The van der Waals surface area contributed by atoms with Crippen molar-refractivity contribution in [3.8, 4) is 11.1 Å². The molecule has 4 aromatic rings. The van der Waals surface area contributed by atoms with Gasteiger partial charge in [-0.1, -0.05) is 72.8 Å². The third kappa shape index (κ3) is 6.52. The average molecular weight is 551 g/mol. The lowest BCUT2D eigenvalue weighted by atomic mass is 9.87. The first-order chi connectivity index (χ1) is 19.9. The molecule has 0 spiro atoms. The van der Waals surface area contributed by atoms with Crippen molar-refractivity contribution < 1.29 is 23.9 Å². The van der Waals surface area contributed by atoms with Gasteiger partial charge in [0.2, 0.25) is 0 Å². The van der Waals surface area contributed by atoms with Crippen molar-refractivity contribution >= 4 is 17.8 Å². The average Bonchev–Trinajstić information content (AvgIpc) is 3.00. The van der Waals surface area contributed by atoms with Crippen molar-refractivity contribution in [3.05, 3.63) is 131 Å². The first kappa shape index (κ1) is 27.8. The third-order valence-electron chi connectivity index (χ3n) is 7.46. The number of aliphatic carboxylic acids is 1. The second-order valence-electron chi connectivity index (χ2n) is 10.2. The number of rotatable bonds is 9. The smallest absolute Gasteiger partial charge is 0.305 e. The molecule has 0 saturated carbocycles. The quantitative estimate of drug-likeness (QED) is 0.252. The van der Waals surface area contributed by atoms with E-state index in [2.05, 4.69) is 17.4 Å². The largest absolute Gasteiger partial charge is 0.481 e. The van der Waals surface area contributed by atoms with Gasteiger partial charge in [0.15, 0.2) is 0 Å². The van der Waals surface area contributed by atoms with Crippen LogP contribution in [0.15, 0.2) is 97.1 Å². The van der Waals surface area contributed by atoms with Gasteiger partial charge < -0.3 is 15.3 Å². The Hall–Kier alpha value is -4.78. The van der Waals surface area contributed by atoms with Gasteiger partial charge in [0.05, 0.1) is 12.5 Å². The zero-order valence-corrected chi connectivity index (χ0v) is 22.6. The van der Waals surface area contributed by atoms with Crippen LogP contribution in [0, 0.1) is 5.82 Å². The van der Waals surface area contributed by atoms with E-state index in [4.69, 9.17) is 0 Å². The summed E-state index contributed by atoms with van der Waals surface area (Å²) < 4.78 is 13.5. The number of hydrogen-bond acceptors (Lipinski definition) is 3.